The number of fused-ring (bicyclic) bond motifs is 2. The molecule has 1 aromatic heterocycles. The second kappa shape index (κ2) is 6.38. The summed E-state index contributed by atoms with van der Waals surface area (Å²) in [5, 5.41) is 7.64. The Kier molecular flexibility index (Phi) is 4.23. The first-order valence-electron chi connectivity index (χ1n) is 9.61. The number of hydrogen-bond acceptors (Lipinski definition) is 2. The Hall–Kier alpha value is -1.58. The van der Waals surface area contributed by atoms with Crippen LogP contribution in [-0.2, 0) is 4.79 Å². The van der Waals surface area contributed by atoms with E-state index in [2.05, 4.69) is 47.2 Å². The van der Waals surface area contributed by atoms with Gasteiger partial charge in [0.25, 0.3) is 0 Å². The lowest BCUT2D eigenvalue weighted by atomic mass is 9.89. The first kappa shape index (κ1) is 15.9. The minimum absolute atomic E-state index is 0.381. The predicted molar refractivity (Wildman–Crippen MR) is 94.7 cm³/mol. The van der Waals surface area contributed by atoms with Crippen LogP contribution in [0.4, 0.5) is 0 Å². The average molecular weight is 327 g/mol. The maximum atomic E-state index is 12.6. The van der Waals surface area contributed by atoms with Crippen molar-refractivity contribution in [3.8, 4) is 0 Å². The van der Waals surface area contributed by atoms with Gasteiger partial charge in [0.15, 0.2) is 0 Å². The van der Waals surface area contributed by atoms with Gasteiger partial charge in [0.2, 0.25) is 5.91 Å². The number of piperidine rings is 1. The molecular formula is C20H29N3O. The number of allylic oxidation sites excluding steroid dienone is 2. The van der Waals surface area contributed by atoms with Gasteiger partial charge in [-0.25, -0.2) is 0 Å². The van der Waals surface area contributed by atoms with Crippen molar-refractivity contribution in [1.29, 1.82) is 0 Å². The molecule has 3 aliphatic rings. The van der Waals surface area contributed by atoms with Crippen LogP contribution in [0.1, 0.15) is 69.2 Å². The van der Waals surface area contributed by atoms with Gasteiger partial charge in [-0.15, -0.1) is 0 Å². The lowest BCUT2D eigenvalue weighted by Crippen LogP contribution is -2.39. The Bertz CT molecular complexity index is 625. The lowest BCUT2D eigenvalue weighted by molar-refractivity contribution is -0.133. The zero-order chi connectivity index (χ0) is 16.7. The van der Waals surface area contributed by atoms with Crippen LogP contribution in [0.3, 0.4) is 0 Å². The Morgan fingerprint density at radius 3 is 2.67 bits per heavy atom. The highest BCUT2D eigenvalue weighted by atomic mass is 16.2. The number of aromatic nitrogens is 2. The summed E-state index contributed by atoms with van der Waals surface area (Å²) in [7, 11) is 0. The molecule has 24 heavy (non-hydrogen) atoms. The molecule has 1 aromatic rings. The molecule has 0 radical (unpaired) electrons. The van der Waals surface area contributed by atoms with E-state index in [9.17, 15) is 4.79 Å². The van der Waals surface area contributed by atoms with Crippen molar-refractivity contribution >= 4 is 5.91 Å². The topological polar surface area (TPSA) is 49.0 Å². The van der Waals surface area contributed by atoms with Gasteiger partial charge in [-0.1, -0.05) is 26.0 Å². The zero-order valence-corrected chi connectivity index (χ0v) is 14.9. The van der Waals surface area contributed by atoms with Crippen molar-refractivity contribution in [2.24, 2.45) is 17.8 Å². The normalized spacial score (nSPS) is 29.8. The second-order valence-corrected chi connectivity index (χ2v) is 8.30. The minimum atomic E-state index is 0.381. The molecule has 2 aliphatic carbocycles. The fourth-order valence-corrected chi connectivity index (χ4v) is 4.78. The minimum Gasteiger partial charge on any atom is -0.343 e. The standard InChI is InChI=1S/C20H29N3O/c1-13(2)18-12-19(22-21-18)15-5-7-23(8-6-15)20(24)11-17-10-14-3-4-16(17)9-14/h3-4,12-17H,5-11H2,1-2H3,(H,21,22)/t14-,16+,17+/m1/s1. The summed E-state index contributed by atoms with van der Waals surface area (Å²) in [6, 6.07) is 2.22. The number of H-pyrrole nitrogens is 1. The number of rotatable bonds is 4. The molecule has 0 unspecified atom stereocenters. The monoisotopic (exact) mass is 327 g/mol. The van der Waals surface area contributed by atoms with Crippen molar-refractivity contribution in [3.63, 3.8) is 0 Å². The van der Waals surface area contributed by atoms with E-state index in [-0.39, 0.29) is 0 Å². The molecule has 2 bridgehead atoms. The third kappa shape index (κ3) is 3.03. The summed E-state index contributed by atoms with van der Waals surface area (Å²) in [6.07, 6.45) is 10.1. The van der Waals surface area contributed by atoms with Crippen LogP contribution in [-0.4, -0.2) is 34.1 Å². The summed E-state index contributed by atoms with van der Waals surface area (Å²) in [6.45, 7) is 6.14. The van der Waals surface area contributed by atoms with Gasteiger partial charge in [-0.3, -0.25) is 9.89 Å². The number of carbonyl (C=O) groups excluding carboxylic acids is 1. The fourth-order valence-electron chi connectivity index (χ4n) is 4.78. The van der Waals surface area contributed by atoms with Gasteiger partial charge in [-0.05, 0) is 55.4 Å². The smallest absolute Gasteiger partial charge is 0.222 e. The Morgan fingerprint density at radius 2 is 2.08 bits per heavy atom. The molecule has 3 atom stereocenters. The van der Waals surface area contributed by atoms with E-state index in [1.54, 1.807) is 0 Å². The average Bonchev–Trinajstić information content (AvgIpc) is 3.31. The second-order valence-electron chi connectivity index (χ2n) is 8.30. The van der Waals surface area contributed by atoms with Gasteiger partial charge >= 0.3 is 0 Å². The van der Waals surface area contributed by atoms with Crippen molar-refractivity contribution in [2.45, 2.75) is 57.8 Å². The Labute approximate surface area is 144 Å². The molecule has 4 nitrogen and oxygen atoms in total. The van der Waals surface area contributed by atoms with Crippen molar-refractivity contribution in [1.82, 2.24) is 15.1 Å². The van der Waals surface area contributed by atoms with E-state index in [0.717, 1.165) is 44.0 Å². The van der Waals surface area contributed by atoms with Gasteiger partial charge < -0.3 is 4.90 Å². The molecule has 2 heterocycles. The SMILES string of the molecule is CC(C)c1cc(C2CCN(C(=O)C[C@@H]3C[C@@H]4C=C[C@H]3C4)CC2)[nH]n1. The van der Waals surface area contributed by atoms with Crippen LogP contribution in [0.15, 0.2) is 18.2 Å². The van der Waals surface area contributed by atoms with E-state index >= 15 is 0 Å². The van der Waals surface area contributed by atoms with Crippen molar-refractivity contribution < 1.29 is 4.79 Å². The summed E-state index contributed by atoms with van der Waals surface area (Å²) in [5.74, 6) is 3.41. The van der Waals surface area contributed by atoms with Crippen LogP contribution >= 0.6 is 0 Å². The van der Waals surface area contributed by atoms with Gasteiger partial charge in [0.1, 0.15) is 0 Å². The molecule has 2 fully saturated rings. The van der Waals surface area contributed by atoms with E-state index in [0.29, 0.717) is 29.6 Å². The maximum Gasteiger partial charge on any atom is 0.222 e. The molecule has 1 amide bonds. The maximum absolute atomic E-state index is 12.6. The quantitative estimate of drug-likeness (QED) is 0.854. The summed E-state index contributed by atoms with van der Waals surface area (Å²) < 4.78 is 0. The first-order valence-corrected chi connectivity index (χ1v) is 9.61. The molecule has 1 aliphatic heterocycles. The number of hydrogen-bond donors (Lipinski definition) is 1. The number of amides is 1. The first-order chi connectivity index (χ1) is 11.6. The lowest BCUT2D eigenvalue weighted by Gasteiger charge is -2.32. The third-order valence-electron chi connectivity index (χ3n) is 6.35. The van der Waals surface area contributed by atoms with Crippen LogP contribution in [0.2, 0.25) is 0 Å². The highest BCUT2D eigenvalue weighted by Gasteiger charge is 2.37. The van der Waals surface area contributed by atoms with Crippen LogP contribution in [0, 0.1) is 17.8 Å². The number of nitrogens with zero attached hydrogens (tertiary/aromatic N) is 2. The van der Waals surface area contributed by atoms with E-state index in [4.69, 9.17) is 0 Å². The molecule has 4 heteroatoms. The van der Waals surface area contributed by atoms with E-state index in [1.165, 1.54) is 18.5 Å². The molecule has 1 saturated heterocycles. The zero-order valence-electron chi connectivity index (χ0n) is 14.9. The van der Waals surface area contributed by atoms with Crippen molar-refractivity contribution in [2.75, 3.05) is 13.1 Å². The number of carbonyl (C=O) groups is 1. The van der Waals surface area contributed by atoms with Crippen LogP contribution in [0.25, 0.3) is 0 Å². The van der Waals surface area contributed by atoms with Gasteiger partial charge in [-0.2, -0.15) is 5.10 Å². The molecule has 0 spiro atoms. The molecule has 0 aromatic carbocycles. The van der Waals surface area contributed by atoms with Crippen LogP contribution in [0.5, 0.6) is 0 Å². The third-order valence-corrected chi connectivity index (χ3v) is 6.35. The molecule has 1 N–H and O–H groups in total. The predicted octanol–water partition coefficient (Wildman–Crippen LogP) is 3.84. The summed E-state index contributed by atoms with van der Waals surface area (Å²) >= 11 is 0. The van der Waals surface area contributed by atoms with Gasteiger partial charge in [0.05, 0.1) is 5.69 Å². The van der Waals surface area contributed by atoms with Gasteiger partial charge in [0, 0.05) is 31.1 Å². The molecule has 130 valence electrons. The van der Waals surface area contributed by atoms with E-state index in [1.807, 2.05) is 0 Å². The summed E-state index contributed by atoms with van der Waals surface area (Å²) in [4.78, 5) is 14.8. The van der Waals surface area contributed by atoms with Crippen molar-refractivity contribution in [3.05, 3.63) is 29.6 Å². The molecule has 1 saturated carbocycles. The number of aromatic amines is 1. The molecule has 4 rings (SSSR count). The van der Waals surface area contributed by atoms with Crippen LogP contribution < -0.4 is 0 Å². The van der Waals surface area contributed by atoms with E-state index < -0.39 is 0 Å². The molecular weight excluding hydrogens is 298 g/mol. The number of nitrogens with one attached hydrogen (secondary N) is 1. The number of likely N-dealkylation sites (tertiary alicyclic amines) is 1. The summed E-state index contributed by atoms with van der Waals surface area (Å²) in [5.41, 5.74) is 2.40. The Morgan fingerprint density at radius 1 is 1.29 bits per heavy atom. The fraction of sp³-hybridized carbons (Fsp3) is 0.700. The highest BCUT2D eigenvalue weighted by molar-refractivity contribution is 5.76. The largest absolute Gasteiger partial charge is 0.343 e. The Balaban J connectivity index is 1.29. The highest BCUT2D eigenvalue weighted by Crippen LogP contribution is 2.45.